The van der Waals surface area contributed by atoms with E-state index in [1.807, 2.05) is 6.92 Å². The summed E-state index contributed by atoms with van der Waals surface area (Å²) in [6.07, 6.45) is 1.67. The average molecular weight is 348 g/mol. The number of rotatable bonds is 6. The number of carbonyl (C=O) groups excluding carboxylic acids is 1. The Bertz CT molecular complexity index is 635. The van der Waals surface area contributed by atoms with Crippen LogP contribution in [0.2, 0.25) is 5.02 Å². The molecule has 0 spiro atoms. The zero-order valence-electron chi connectivity index (χ0n) is 13.3. The van der Waals surface area contributed by atoms with Crippen LogP contribution in [0, 0.1) is 0 Å². The lowest BCUT2D eigenvalue weighted by atomic mass is 10.1. The number of sulfonamides is 1. The van der Waals surface area contributed by atoms with Crippen molar-refractivity contribution >= 4 is 27.6 Å². The standard InChI is InChI=1S/C15H22ClNO4S/c1-5-6-9-21-14(18)11-7-8-12(16)13(10-11)22(19,20)17-15(2,3)4/h7-8,10,17H,5-6,9H2,1-4H3. The normalized spacial score (nSPS) is 12.2. The lowest BCUT2D eigenvalue weighted by Crippen LogP contribution is -2.40. The monoisotopic (exact) mass is 347 g/mol. The maximum absolute atomic E-state index is 12.4. The van der Waals surface area contributed by atoms with Gasteiger partial charge in [0.05, 0.1) is 17.2 Å². The van der Waals surface area contributed by atoms with E-state index in [-0.39, 0.29) is 15.5 Å². The summed E-state index contributed by atoms with van der Waals surface area (Å²) < 4.78 is 32.3. The molecule has 1 rings (SSSR count). The highest BCUT2D eigenvalue weighted by Crippen LogP contribution is 2.24. The van der Waals surface area contributed by atoms with Gasteiger partial charge in [-0.3, -0.25) is 0 Å². The largest absolute Gasteiger partial charge is 0.462 e. The molecule has 22 heavy (non-hydrogen) atoms. The predicted octanol–water partition coefficient (Wildman–Crippen LogP) is 3.37. The van der Waals surface area contributed by atoms with Gasteiger partial charge in [-0.05, 0) is 45.4 Å². The number of hydrogen-bond donors (Lipinski definition) is 1. The SMILES string of the molecule is CCCCOC(=O)c1ccc(Cl)c(S(=O)(=O)NC(C)(C)C)c1. The van der Waals surface area contributed by atoms with E-state index >= 15 is 0 Å². The third-order valence-corrected chi connectivity index (χ3v) is 4.87. The number of halogens is 1. The molecule has 0 amide bonds. The highest BCUT2D eigenvalue weighted by Gasteiger charge is 2.25. The Morgan fingerprint density at radius 2 is 1.95 bits per heavy atom. The third kappa shape index (κ3) is 5.59. The molecule has 1 N–H and O–H groups in total. The molecular formula is C15H22ClNO4S. The molecule has 0 heterocycles. The van der Waals surface area contributed by atoms with Crippen molar-refractivity contribution < 1.29 is 17.9 Å². The highest BCUT2D eigenvalue weighted by molar-refractivity contribution is 7.89. The van der Waals surface area contributed by atoms with Gasteiger partial charge in [0.2, 0.25) is 10.0 Å². The molecule has 0 atom stereocenters. The molecular weight excluding hydrogens is 326 g/mol. The molecule has 0 aliphatic rings. The molecule has 0 radical (unpaired) electrons. The zero-order chi connectivity index (χ0) is 17.0. The van der Waals surface area contributed by atoms with Crippen LogP contribution in [-0.4, -0.2) is 26.5 Å². The molecule has 0 saturated heterocycles. The van der Waals surface area contributed by atoms with Crippen LogP contribution in [-0.2, 0) is 14.8 Å². The average Bonchev–Trinajstić information content (AvgIpc) is 2.36. The number of nitrogens with one attached hydrogen (secondary N) is 1. The lowest BCUT2D eigenvalue weighted by Gasteiger charge is -2.21. The fourth-order valence-corrected chi connectivity index (χ4v) is 3.63. The first kappa shape index (κ1) is 18.9. The molecule has 0 aliphatic heterocycles. The Labute approximate surface area is 137 Å². The van der Waals surface area contributed by atoms with E-state index in [1.54, 1.807) is 20.8 Å². The molecule has 0 aliphatic carbocycles. The number of benzene rings is 1. The van der Waals surface area contributed by atoms with E-state index in [2.05, 4.69) is 4.72 Å². The van der Waals surface area contributed by atoms with Crippen molar-refractivity contribution in [3.05, 3.63) is 28.8 Å². The first-order chi connectivity index (χ1) is 10.1. The maximum Gasteiger partial charge on any atom is 0.338 e. The van der Waals surface area contributed by atoms with Crippen LogP contribution in [0.1, 0.15) is 50.9 Å². The van der Waals surface area contributed by atoms with Crippen LogP contribution in [0.15, 0.2) is 23.1 Å². The van der Waals surface area contributed by atoms with Crippen molar-refractivity contribution in [2.75, 3.05) is 6.61 Å². The van der Waals surface area contributed by atoms with Crippen molar-refractivity contribution in [3.8, 4) is 0 Å². The van der Waals surface area contributed by atoms with Crippen LogP contribution in [0.3, 0.4) is 0 Å². The molecule has 0 aromatic heterocycles. The molecule has 0 bridgehead atoms. The van der Waals surface area contributed by atoms with Gasteiger partial charge in [-0.1, -0.05) is 24.9 Å². The van der Waals surface area contributed by atoms with Crippen LogP contribution in [0.4, 0.5) is 0 Å². The van der Waals surface area contributed by atoms with Crippen molar-refractivity contribution in [2.24, 2.45) is 0 Å². The summed E-state index contributed by atoms with van der Waals surface area (Å²) in [6.45, 7) is 7.46. The zero-order valence-corrected chi connectivity index (χ0v) is 14.8. The summed E-state index contributed by atoms with van der Waals surface area (Å²) in [4.78, 5) is 11.8. The fraction of sp³-hybridized carbons (Fsp3) is 0.533. The van der Waals surface area contributed by atoms with E-state index in [0.717, 1.165) is 12.8 Å². The smallest absolute Gasteiger partial charge is 0.338 e. The molecule has 1 aromatic rings. The predicted molar refractivity (Wildman–Crippen MR) is 86.7 cm³/mol. The highest BCUT2D eigenvalue weighted by atomic mass is 35.5. The van der Waals surface area contributed by atoms with E-state index in [4.69, 9.17) is 16.3 Å². The van der Waals surface area contributed by atoms with Crippen LogP contribution >= 0.6 is 11.6 Å². The van der Waals surface area contributed by atoms with Crippen molar-refractivity contribution in [3.63, 3.8) is 0 Å². The summed E-state index contributed by atoms with van der Waals surface area (Å²) in [5.41, 5.74) is -0.491. The maximum atomic E-state index is 12.4. The number of hydrogen-bond acceptors (Lipinski definition) is 4. The van der Waals surface area contributed by atoms with Crippen LogP contribution < -0.4 is 4.72 Å². The molecule has 5 nitrogen and oxygen atoms in total. The summed E-state index contributed by atoms with van der Waals surface area (Å²) in [5, 5.41) is 0.0573. The fourth-order valence-electron chi connectivity index (χ4n) is 1.69. The van der Waals surface area contributed by atoms with E-state index < -0.39 is 21.5 Å². The van der Waals surface area contributed by atoms with E-state index in [1.165, 1.54) is 18.2 Å². The molecule has 1 aromatic carbocycles. The van der Waals surface area contributed by atoms with Crippen LogP contribution in [0.5, 0.6) is 0 Å². The number of carbonyl (C=O) groups is 1. The Morgan fingerprint density at radius 1 is 1.32 bits per heavy atom. The Hall–Kier alpha value is -1.11. The summed E-state index contributed by atoms with van der Waals surface area (Å²) in [7, 11) is -3.82. The molecule has 0 fully saturated rings. The van der Waals surface area contributed by atoms with E-state index in [9.17, 15) is 13.2 Å². The topological polar surface area (TPSA) is 72.5 Å². The van der Waals surface area contributed by atoms with Crippen molar-refractivity contribution in [2.45, 2.75) is 51.0 Å². The first-order valence-corrected chi connectivity index (χ1v) is 8.93. The minimum absolute atomic E-state index is 0.0573. The summed E-state index contributed by atoms with van der Waals surface area (Å²) in [5.74, 6) is -0.558. The Balaban J connectivity index is 3.07. The number of esters is 1. The minimum atomic E-state index is -3.82. The van der Waals surface area contributed by atoms with Crippen molar-refractivity contribution in [1.82, 2.24) is 4.72 Å². The minimum Gasteiger partial charge on any atom is -0.462 e. The number of unbranched alkanes of at least 4 members (excludes halogenated alkanes) is 1. The van der Waals surface area contributed by atoms with E-state index in [0.29, 0.717) is 6.61 Å². The van der Waals surface area contributed by atoms with Gasteiger partial charge in [0.1, 0.15) is 4.90 Å². The second-order valence-corrected chi connectivity index (χ2v) is 8.05. The quantitative estimate of drug-likeness (QED) is 0.632. The van der Waals surface area contributed by atoms with Crippen LogP contribution in [0.25, 0.3) is 0 Å². The number of ether oxygens (including phenoxy) is 1. The second kappa shape index (κ2) is 7.44. The Morgan fingerprint density at radius 3 is 2.50 bits per heavy atom. The second-order valence-electron chi connectivity index (χ2n) is 5.99. The van der Waals surface area contributed by atoms with Gasteiger partial charge in [0.25, 0.3) is 0 Å². The Kier molecular flexibility index (Phi) is 6.40. The van der Waals surface area contributed by atoms with Gasteiger partial charge in [-0.2, -0.15) is 0 Å². The van der Waals surface area contributed by atoms with Gasteiger partial charge >= 0.3 is 5.97 Å². The van der Waals surface area contributed by atoms with Crippen molar-refractivity contribution in [1.29, 1.82) is 0 Å². The molecule has 124 valence electrons. The molecule has 0 unspecified atom stereocenters. The molecule has 7 heteroatoms. The van der Waals surface area contributed by atoms with Gasteiger partial charge in [0, 0.05) is 5.54 Å². The lowest BCUT2D eigenvalue weighted by molar-refractivity contribution is 0.0499. The summed E-state index contributed by atoms with van der Waals surface area (Å²) in [6, 6.07) is 4.08. The van der Waals surface area contributed by atoms with Gasteiger partial charge in [-0.25, -0.2) is 17.9 Å². The first-order valence-electron chi connectivity index (χ1n) is 7.07. The summed E-state index contributed by atoms with van der Waals surface area (Å²) >= 11 is 5.97. The van der Waals surface area contributed by atoms with Gasteiger partial charge in [0.15, 0.2) is 0 Å². The third-order valence-electron chi connectivity index (χ3n) is 2.63. The molecule has 0 saturated carbocycles. The van der Waals surface area contributed by atoms with Gasteiger partial charge in [-0.15, -0.1) is 0 Å². The van der Waals surface area contributed by atoms with Gasteiger partial charge < -0.3 is 4.74 Å².